The first-order valence-corrected chi connectivity index (χ1v) is 9.59. The highest BCUT2D eigenvalue weighted by atomic mass is 31.1. The molecule has 2 aliphatic rings. The number of rotatable bonds is 3. The molecule has 1 aromatic rings. The predicted octanol–water partition coefficient (Wildman–Crippen LogP) is 4.14. The van der Waals surface area contributed by atoms with Crippen molar-refractivity contribution >= 4 is 13.9 Å². The van der Waals surface area contributed by atoms with Gasteiger partial charge in [0.1, 0.15) is 0 Å². The summed E-state index contributed by atoms with van der Waals surface area (Å²) in [6.07, 6.45) is 5.89. The van der Waals surface area contributed by atoms with Crippen LogP contribution < -0.4 is 5.30 Å². The van der Waals surface area contributed by atoms with Crippen molar-refractivity contribution in [2.24, 2.45) is 11.8 Å². The highest BCUT2D eigenvalue weighted by Gasteiger charge is 2.30. The number of halogens is 2. The van der Waals surface area contributed by atoms with Gasteiger partial charge in [0.25, 0.3) is 0 Å². The lowest BCUT2D eigenvalue weighted by Gasteiger charge is -2.36. The third-order valence-corrected chi connectivity index (χ3v) is 5.73. The van der Waals surface area contributed by atoms with Gasteiger partial charge in [0.2, 0.25) is 0 Å². The molecule has 1 atom stereocenters. The maximum absolute atomic E-state index is 13.7. The molecule has 0 aromatic heterocycles. The van der Waals surface area contributed by atoms with Crippen molar-refractivity contribution in [1.29, 1.82) is 0 Å². The molecule has 2 fully saturated rings. The molecule has 2 nitrogen and oxygen atoms in total. The van der Waals surface area contributed by atoms with Crippen LogP contribution in [0.2, 0.25) is 0 Å². The second-order valence-electron chi connectivity index (χ2n) is 6.27. The van der Waals surface area contributed by atoms with Crippen molar-refractivity contribution in [2.75, 3.05) is 19.9 Å². The van der Waals surface area contributed by atoms with E-state index in [4.69, 9.17) is 9.47 Å². The minimum Gasteiger partial charge on any atom is -0.348 e. The zero-order valence-electron chi connectivity index (χ0n) is 12.9. The highest BCUT2D eigenvalue weighted by molar-refractivity contribution is 7.46. The Kier molecular flexibility index (Phi) is 5.43. The molecule has 3 rings (SSSR count). The molecular weight excluding hydrogens is 305 g/mol. The molecular formula is C17H23F2O2P. The smallest absolute Gasteiger partial charge is 0.183 e. The normalized spacial score (nSPS) is 27.6. The molecule has 0 amide bonds. The summed E-state index contributed by atoms with van der Waals surface area (Å²) < 4.78 is 38.9. The first-order chi connectivity index (χ1) is 10.7. The Morgan fingerprint density at radius 2 is 1.68 bits per heavy atom. The lowest BCUT2D eigenvalue weighted by Crippen LogP contribution is -2.33. The van der Waals surface area contributed by atoms with E-state index in [-0.39, 0.29) is 8.58 Å². The largest absolute Gasteiger partial charge is 0.348 e. The molecule has 1 aliphatic carbocycles. The van der Waals surface area contributed by atoms with Gasteiger partial charge in [0.15, 0.2) is 17.9 Å². The summed E-state index contributed by atoms with van der Waals surface area (Å²) in [5, 5.41) is 0.400. The minimum absolute atomic E-state index is 0.208. The Bertz CT molecular complexity index is 510. The number of benzene rings is 1. The van der Waals surface area contributed by atoms with Crippen LogP contribution in [0.15, 0.2) is 12.1 Å². The first-order valence-electron chi connectivity index (χ1n) is 8.09. The second kappa shape index (κ2) is 7.33. The number of ether oxygens (including phenoxy) is 2. The maximum Gasteiger partial charge on any atom is 0.183 e. The summed E-state index contributed by atoms with van der Waals surface area (Å²) in [4.78, 5) is 0. The Morgan fingerprint density at radius 1 is 1.00 bits per heavy atom. The third-order valence-electron chi connectivity index (χ3n) is 4.83. The Balaban J connectivity index is 1.64. The lowest BCUT2D eigenvalue weighted by molar-refractivity contribution is -0.214. The van der Waals surface area contributed by atoms with E-state index in [1.165, 1.54) is 38.2 Å². The SMILES string of the molecule is CPc1cc(C2OCC(C3CCCCC3)CO2)cc(F)c1F. The highest BCUT2D eigenvalue weighted by Crippen LogP contribution is 2.35. The van der Waals surface area contributed by atoms with Gasteiger partial charge in [0.05, 0.1) is 13.2 Å². The molecule has 0 spiro atoms. The summed E-state index contributed by atoms with van der Waals surface area (Å²) in [6.45, 7) is 3.14. The van der Waals surface area contributed by atoms with Crippen LogP contribution in [0.1, 0.15) is 44.0 Å². The zero-order chi connectivity index (χ0) is 15.5. The standard InChI is InChI=1S/C17H23F2O2P/c1-22-15-8-12(7-14(18)16(15)19)17-20-9-13(10-21-17)11-5-3-2-4-6-11/h7-8,11,13,17,22H,2-6,9-10H2,1H3. The molecule has 122 valence electrons. The van der Waals surface area contributed by atoms with Gasteiger partial charge >= 0.3 is 0 Å². The van der Waals surface area contributed by atoms with Crippen LogP contribution in [0.25, 0.3) is 0 Å². The predicted molar refractivity (Wildman–Crippen MR) is 84.9 cm³/mol. The average molecular weight is 328 g/mol. The van der Waals surface area contributed by atoms with E-state index >= 15 is 0 Å². The van der Waals surface area contributed by atoms with E-state index in [2.05, 4.69) is 0 Å². The number of hydrogen-bond acceptors (Lipinski definition) is 2. The summed E-state index contributed by atoms with van der Waals surface area (Å²) in [5.41, 5.74) is 0.588. The summed E-state index contributed by atoms with van der Waals surface area (Å²) >= 11 is 0. The minimum atomic E-state index is -0.816. The maximum atomic E-state index is 13.7. The second-order valence-corrected chi connectivity index (χ2v) is 7.31. The van der Waals surface area contributed by atoms with Crippen LogP contribution in [0, 0.1) is 23.5 Å². The summed E-state index contributed by atoms with van der Waals surface area (Å²) in [7, 11) is 0.208. The van der Waals surface area contributed by atoms with E-state index < -0.39 is 17.9 Å². The molecule has 0 N–H and O–H groups in total. The molecule has 1 aromatic carbocycles. The van der Waals surface area contributed by atoms with Crippen LogP contribution >= 0.6 is 8.58 Å². The van der Waals surface area contributed by atoms with Gasteiger partial charge in [-0.05, 0) is 24.7 Å². The summed E-state index contributed by atoms with van der Waals surface area (Å²) in [6, 6.07) is 2.87. The third kappa shape index (κ3) is 3.50. The van der Waals surface area contributed by atoms with Gasteiger partial charge in [0, 0.05) is 16.8 Å². The van der Waals surface area contributed by atoms with Gasteiger partial charge in [-0.3, -0.25) is 0 Å². The molecule has 1 unspecified atom stereocenters. The molecule has 22 heavy (non-hydrogen) atoms. The van der Waals surface area contributed by atoms with E-state index in [0.717, 1.165) is 0 Å². The molecule has 1 saturated heterocycles. The van der Waals surface area contributed by atoms with Crippen molar-refractivity contribution in [1.82, 2.24) is 0 Å². The van der Waals surface area contributed by atoms with E-state index in [1.807, 2.05) is 6.66 Å². The van der Waals surface area contributed by atoms with Gasteiger partial charge < -0.3 is 9.47 Å². The van der Waals surface area contributed by atoms with Crippen LogP contribution in [0.5, 0.6) is 0 Å². The van der Waals surface area contributed by atoms with Gasteiger partial charge in [-0.2, -0.15) is 0 Å². The molecule has 0 radical (unpaired) electrons. The molecule has 1 saturated carbocycles. The Morgan fingerprint density at radius 3 is 2.32 bits per heavy atom. The van der Waals surface area contributed by atoms with Crippen LogP contribution in [0.3, 0.4) is 0 Å². The van der Waals surface area contributed by atoms with E-state index in [9.17, 15) is 8.78 Å². The van der Waals surface area contributed by atoms with Gasteiger partial charge in [-0.25, -0.2) is 8.78 Å². The molecule has 0 bridgehead atoms. The zero-order valence-corrected chi connectivity index (χ0v) is 13.9. The van der Waals surface area contributed by atoms with Crippen molar-refractivity contribution in [3.05, 3.63) is 29.3 Å². The van der Waals surface area contributed by atoms with Crippen molar-refractivity contribution in [2.45, 2.75) is 38.4 Å². The fourth-order valence-electron chi connectivity index (χ4n) is 3.52. The monoisotopic (exact) mass is 328 g/mol. The first kappa shape index (κ1) is 16.3. The van der Waals surface area contributed by atoms with Crippen LogP contribution in [-0.2, 0) is 9.47 Å². The van der Waals surface area contributed by atoms with Crippen molar-refractivity contribution < 1.29 is 18.3 Å². The Hall–Kier alpha value is -0.570. The fourth-order valence-corrected chi connectivity index (χ4v) is 4.17. The fraction of sp³-hybridized carbons (Fsp3) is 0.647. The summed E-state index contributed by atoms with van der Waals surface area (Å²) in [5.74, 6) is -0.439. The molecule has 5 heteroatoms. The molecule has 1 heterocycles. The number of hydrogen-bond donors (Lipinski definition) is 0. The lowest BCUT2D eigenvalue weighted by atomic mass is 9.80. The van der Waals surface area contributed by atoms with Crippen molar-refractivity contribution in [3.63, 3.8) is 0 Å². The van der Waals surface area contributed by atoms with E-state index in [0.29, 0.717) is 35.9 Å². The van der Waals surface area contributed by atoms with Crippen LogP contribution in [-0.4, -0.2) is 19.9 Å². The van der Waals surface area contributed by atoms with Gasteiger partial charge in [-0.15, -0.1) is 0 Å². The molecule has 1 aliphatic heterocycles. The van der Waals surface area contributed by atoms with Crippen LogP contribution in [0.4, 0.5) is 8.78 Å². The van der Waals surface area contributed by atoms with E-state index in [1.54, 1.807) is 6.07 Å². The quantitative estimate of drug-likeness (QED) is 0.777. The topological polar surface area (TPSA) is 18.5 Å². The van der Waals surface area contributed by atoms with Gasteiger partial charge in [-0.1, -0.05) is 40.7 Å². The van der Waals surface area contributed by atoms with Crippen molar-refractivity contribution in [3.8, 4) is 0 Å². The Labute approximate surface area is 132 Å². The average Bonchev–Trinajstić information content (AvgIpc) is 2.58.